The summed E-state index contributed by atoms with van der Waals surface area (Å²) in [6.07, 6.45) is 9.95. The number of hydrogen-bond donors (Lipinski definition) is 1. The summed E-state index contributed by atoms with van der Waals surface area (Å²) in [4.78, 5) is 32.9. The molecule has 2 atom stereocenters. The molecule has 3 aliphatic rings. The van der Waals surface area contributed by atoms with Crippen LogP contribution in [0, 0.1) is 5.82 Å². The van der Waals surface area contributed by atoms with Crippen LogP contribution in [0.3, 0.4) is 0 Å². The minimum Gasteiger partial charge on any atom is -0.431 e. The zero-order chi connectivity index (χ0) is 26.3. The minimum atomic E-state index is -3.25. The first kappa shape index (κ1) is 23.1. The summed E-state index contributed by atoms with van der Waals surface area (Å²) >= 11 is 0. The van der Waals surface area contributed by atoms with E-state index < -0.39 is 41.6 Å². The van der Waals surface area contributed by atoms with E-state index in [1.165, 1.54) is 11.0 Å². The van der Waals surface area contributed by atoms with Gasteiger partial charge in [0.2, 0.25) is 5.78 Å². The second kappa shape index (κ2) is 7.97. The summed E-state index contributed by atoms with van der Waals surface area (Å²) in [5, 5.41) is 0. The quantitative estimate of drug-likeness (QED) is 0.433. The van der Waals surface area contributed by atoms with Crippen LogP contribution >= 0.6 is 0 Å². The number of amides is 1. The normalized spacial score (nSPS) is 21.3. The highest BCUT2D eigenvalue weighted by Gasteiger charge is 2.47. The maximum Gasteiger partial charge on any atom is 0.387 e. The Morgan fingerprint density at radius 3 is 2.55 bits per heavy atom. The summed E-state index contributed by atoms with van der Waals surface area (Å²) in [5.74, 6) is -1.63. The molecule has 194 valence electrons. The monoisotopic (exact) mass is 521 g/mol. The molecule has 7 rings (SSSR count). The molecular formula is C26H22F3N7O2. The maximum atomic E-state index is 14.8. The molecule has 1 aromatic carbocycles. The molecule has 4 aromatic rings. The molecule has 1 aliphatic heterocycles. The molecule has 1 fully saturated rings. The molecule has 3 aromatic heterocycles. The number of hydrogen-bond acceptors (Lipinski definition) is 7. The Labute approximate surface area is 214 Å². The van der Waals surface area contributed by atoms with Crippen molar-refractivity contribution in [3.8, 4) is 16.9 Å². The van der Waals surface area contributed by atoms with E-state index in [-0.39, 0.29) is 11.1 Å². The van der Waals surface area contributed by atoms with Crippen LogP contribution < -0.4 is 10.5 Å². The third-order valence-corrected chi connectivity index (χ3v) is 8.05. The Bertz CT molecular complexity index is 1620. The number of ether oxygens (including phenoxy) is 1. The smallest absolute Gasteiger partial charge is 0.387 e. The second-order valence-electron chi connectivity index (χ2n) is 10.1. The van der Waals surface area contributed by atoms with Crippen LogP contribution in [0.2, 0.25) is 0 Å². The number of imidazole rings is 1. The van der Waals surface area contributed by atoms with Crippen LogP contribution in [-0.4, -0.2) is 48.8 Å². The number of nitrogens with two attached hydrogens (primary N) is 1. The number of carbonyl (C=O) groups excluding carboxylic acids is 1. The molecule has 4 heterocycles. The predicted octanol–water partition coefficient (Wildman–Crippen LogP) is 3.93. The highest BCUT2D eigenvalue weighted by molar-refractivity contribution is 5.98. The van der Waals surface area contributed by atoms with Crippen molar-refractivity contribution >= 4 is 11.7 Å². The summed E-state index contributed by atoms with van der Waals surface area (Å²) in [5.41, 5.74) is 8.75. The Morgan fingerprint density at radius 1 is 1.13 bits per heavy atom. The lowest BCUT2D eigenvalue weighted by Crippen LogP contribution is -2.44. The lowest BCUT2D eigenvalue weighted by Gasteiger charge is -2.36. The molecule has 2 N–H and O–H groups in total. The Balaban J connectivity index is 1.38. The molecule has 1 saturated carbocycles. The van der Waals surface area contributed by atoms with Crippen LogP contribution in [0.25, 0.3) is 16.9 Å². The van der Waals surface area contributed by atoms with E-state index in [1.807, 2.05) is 6.20 Å². The molecule has 38 heavy (non-hydrogen) atoms. The van der Waals surface area contributed by atoms with Gasteiger partial charge in [0.15, 0.2) is 11.6 Å². The molecule has 2 aliphatic carbocycles. The van der Waals surface area contributed by atoms with E-state index in [0.717, 1.165) is 25.3 Å². The van der Waals surface area contributed by atoms with Crippen LogP contribution in [0.4, 0.5) is 13.2 Å². The van der Waals surface area contributed by atoms with Crippen LogP contribution in [-0.2, 0) is 5.54 Å². The fourth-order valence-electron chi connectivity index (χ4n) is 5.91. The molecule has 0 radical (unpaired) electrons. The van der Waals surface area contributed by atoms with Crippen molar-refractivity contribution in [2.45, 2.75) is 49.8 Å². The van der Waals surface area contributed by atoms with Gasteiger partial charge in [0.05, 0.1) is 23.0 Å². The van der Waals surface area contributed by atoms with Gasteiger partial charge < -0.3 is 15.4 Å². The van der Waals surface area contributed by atoms with Crippen LogP contribution in [0.5, 0.6) is 5.75 Å². The third-order valence-electron chi connectivity index (χ3n) is 8.05. The Morgan fingerprint density at radius 2 is 1.87 bits per heavy atom. The molecule has 9 nitrogen and oxygen atoms in total. The fraction of sp³-hybridized carbons (Fsp3) is 0.346. The summed E-state index contributed by atoms with van der Waals surface area (Å²) in [6.45, 7) is -3.25. The van der Waals surface area contributed by atoms with Gasteiger partial charge in [0.25, 0.3) is 5.91 Å². The number of carbonyl (C=O) groups is 1. The fourth-order valence-corrected chi connectivity index (χ4v) is 5.91. The van der Waals surface area contributed by atoms with E-state index >= 15 is 0 Å². The van der Waals surface area contributed by atoms with Gasteiger partial charge >= 0.3 is 6.61 Å². The van der Waals surface area contributed by atoms with Gasteiger partial charge in [-0.15, -0.1) is 0 Å². The molecular weight excluding hydrogens is 499 g/mol. The van der Waals surface area contributed by atoms with Gasteiger partial charge in [0.1, 0.15) is 5.82 Å². The first-order valence-electron chi connectivity index (χ1n) is 12.3. The molecule has 2 bridgehead atoms. The first-order valence-corrected chi connectivity index (χ1v) is 12.3. The van der Waals surface area contributed by atoms with Crippen molar-refractivity contribution in [3.63, 3.8) is 0 Å². The third kappa shape index (κ3) is 3.19. The van der Waals surface area contributed by atoms with Gasteiger partial charge in [-0.1, -0.05) is 0 Å². The average Bonchev–Trinajstić information content (AvgIpc) is 3.41. The van der Waals surface area contributed by atoms with E-state index in [0.29, 0.717) is 40.5 Å². The molecule has 0 saturated heterocycles. The largest absolute Gasteiger partial charge is 0.431 e. The van der Waals surface area contributed by atoms with Crippen molar-refractivity contribution in [2.24, 2.45) is 5.73 Å². The van der Waals surface area contributed by atoms with Gasteiger partial charge in [0, 0.05) is 60.0 Å². The zero-order valence-corrected chi connectivity index (χ0v) is 20.2. The van der Waals surface area contributed by atoms with Crippen molar-refractivity contribution < 1.29 is 22.7 Å². The number of fused-ring (bicyclic) bond motifs is 9. The van der Waals surface area contributed by atoms with Crippen LogP contribution in [0.15, 0.2) is 36.9 Å². The molecule has 0 spiro atoms. The number of alkyl halides is 2. The van der Waals surface area contributed by atoms with E-state index in [2.05, 4.69) is 24.7 Å². The molecule has 12 heteroatoms. The van der Waals surface area contributed by atoms with Gasteiger partial charge in [-0.2, -0.15) is 8.78 Å². The highest BCUT2D eigenvalue weighted by atomic mass is 19.3. The Kier molecular flexibility index (Phi) is 4.84. The number of benzene rings is 1. The molecule has 1 amide bonds. The van der Waals surface area contributed by atoms with Crippen molar-refractivity contribution in [1.82, 2.24) is 29.2 Å². The summed E-state index contributed by atoms with van der Waals surface area (Å²) in [6, 6.07) is 1.86. The first-order chi connectivity index (χ1) is 18.2. The SMILES string of the molecule is CN1C(=O)c2ccc(F)c(OC(F)F)c2C2CC1c1nc3ncc(-c4cnc(C5(N)CCC5)nc4)cn3c12. The van der Waals surface area contributed by atoms with Gasteiger partial charge in [-0.25, -0.2) is 24.3 Å². The van der Waals surface area contributed by atoms with Crippen molar-refractivity contribution in [3.05, 3.63) is 71.1 Å². The van der Waals surface area contributed by atoms with E-state index in [1.54, 1.807) is 30.0 Å². The predicted molar refractivity (Wildman–Crippen MR) is 128 cm³/mol. The summed E-state index contributed by atoms with van der Waals surface area (Å²) in [7, 11) is 1.62. The van der Waals surface area contributed by atoms with E-state index in [9.17, 15) is 18.0 Å². The van der Waals surface area contributed by atoms with Crippen molar-refractivity contribution in [1.29, 1.82) is 0 Å². The highest BCUT2D eigenvalue weighted by Crippen LogP contribution is 2.53. The zero-order valence-electron chi connectivity index (χ0n) is 20.2. The number of rotatable bonds is 4. The maximum absolute atomic E-state index is 14.8. The molecule has 2 unspecified atom stereocenters. The standard InChI is InChI=1S/C26H22F3N7O2/c1-35-17-7-15(18-14(22(35)37)3-4-16(27)21(18)38-24(28)29)20-19(17)34-25-33-10-13(11-36(20)25)12-8-31-23(32-9-12)26(30)5-2-6-26/h3-4,8-11,15,17,24H,2,5-7,30H2,1H3. The lowest BCUT2D eigenvalue weighted by atomic mass is 9.77. The van der Waals surface area contributed by atoms with Gasteiger partial charge in [-0.05, 0) is 37.8 Å². The van der Waals surface area contributed by atoms with Crippen LogP contribution in [0.1, 0.15) is 70.8 Å². The summed E-state index contributed by atoms with van der Waals surface area (Å²) < 4.78 is 47.9. The average molecular weight is 522 g/mol. The minimum absolute atomic E-state index is 0.0945. The Hall–Kier alpha value is -4.06. The number of halogens is 3. The lowest BCUT2D eigenvalue weighted by molar-refractivity contribution is -0.0529. The topological polar surface area (TPSA) is 112 Å². The number of nitrogens with zero attached hydrogens (tertiary/aromatic N) is 6. The van der Waals surface area contributed by atoms with E-state index in [4.69, 9.17) is 5.73 Å². The second-order valence-corrected chi connectivity index (χ2v) is 10.1. The van der Waals surface area contributed by atoms with Crippen molar-refractivity contribution in [2.75, 3.05) is 7.05 Å². The van der Waals surface area contributed by atoms with Gasteiger partial charge in [-0.3, -0.25) is 9.20 Å². The number of aromatic nitrogens is 5.